The molecule has 2 N–H and O–H groups in total. The summed E-state index contributed by atoms with van der Waals surface area (Å²) in [4.78, 5) is 15.4. The summed E-state index contributed by atoms with van der Waals surface area (Å²) < 4.78 is 0. The molecule has 3 heteroatoms. The van der Waals surface area contributed by atoms with E-state index in [0.29, 0.717) is 6.42 Å². The molecule has 1 aromatic heterocycles. The van der Waals surface area contributed by atoms with Crippen molar-refractivity contribution >= 4 is 22.5 Å². The second-order valence-corrected chi connectivity index (χ2v) is 5.46. The van der Waals surface area contributed by atoms with Crippen LogP contribution in [-0.2, 0) is 11.2 Å². The number of benzene rings is 2. The molecule has 0 saturated carbocycles. The first-order valence-electron chi connectivity index (χ1n) is 7.05. The van der Waals surface area contributed by atoms with Gasteiger partial charge in [-0.25, -0.2) is 0 Å². The number of carbonyl (C=O) groups excluding carboxylic acids is 1. The maximum absolute atomic E-state index is 12.2. The summed E-state index contributed by atoms with van der Waals surface area (Å²) in [6, 6.07) is 14.1. The summed E-state index contributed by atoms with van der Waals surface area (Å²) in [5.41, 5.74) is 5.24. The van der Waals surface area contributed by atoms with E-state index in [1.54, 1.807) is 0 Å². The minimum atomic E-state index is 0.00440. The lowest BCUT2D eigenvalue weighted by molar-refractivity contribution is -0.115. The van der Waals surface area contributed by atoms with Crippen molar-refractivity contribution in [3.05, 3.63) is 65.4 Å². The molecule has 2 aromatic carbocycles. The van der Waals surface area contributed by atoms with Gasteiger partial charge in [-0.05, 0) is 48.7 Å². The molecule has 3 aromatic rings. The van der Waals surface area contributed by atoms with Crippen LogP contribution in [0, 0.1) is 13.8 Å². The van der Waals surface area contributed by atoms with Crippen LogP contribution in [0.2, 0.25) is 0 Å². The number of fused-ring (bicyclic) bond motifs is 1. The monoisotopic (exact) mass is 278 g/mol. The fraction of sp³-hybridized carbons (Fsp3) is 0.167. The van der Waals surface area contributed by atoms with E-state index in [-0.39, 0.29) is 5.91 Å². The summed E-state index contributed by atoms with van der Waals surface area (Å²) >= 11 is 0. The lowest BCUT2D eigenvalue weighted by Crippen LogP contribution is -2.14. The molecule has 0 saturated heterocycles. The number of hydrogen-bond donors (Lipinski definition) is 2. The number of aryl methyl sites for hydroxylation is 2. The molecule has 0 radical (unpaired) electrons. The molecule has 3 rings (SSSR count). The Balaban J connectivity index is 1.77. The van der Waals surface area contributed by atoms with Crippen LogP contribution in [0.1, 0.15) is 16.7 Å². The fourth-order valence-electron chi connectivity index (χ4n) is 2.70. The second kappa shape index (κ2) is 5.44. The average Bonchev–Trinajstić information content (AvgIpc) is 2.81. The third kappa shape index (κ3) is 2.97. The summed E-state index contributed by atoms with van der Waals surface area (Å²) in [6.07, 6.45) is 2.28. The molecular weight excluding hydrogens is 260 g/mol. The number of anilines is 1. The van der Waals surface area contributed by atoms with Crippen molar-refractivity contribution in [3.8, 4) is 0 Å². The normalized spacial score (nSPS) is 10.8. The van der Waals surface area contributed by atoms with E-state index in [1.165, 1.54) is 0 Å². The zero-order valence-electron chi connectivity index (χ0n) is 12.2. The summed E-state index contributed by atoms with van der Waals surface area (Å²) in [6.45, 7) is 4.06. The van der Waals surface area contributed by atoms with Crippen LogP contribution in [-0.4, -0.2) is 10.9 Å². The molecule has 1 amide bonds. The largest absolute Gasteiger partial charge is 0.361 e. The van der Waals surface area contributed by atoms with E-state index in [0.717, 1.165) is 33.3 Å². The highest BCUT2D eigenvalue weighted by Gasteiger charge is 2.09. The number of hydrogen-bond acceptors (Lipinski definition) is 1. The van der Waals surface area contributed by atoms with Gasteiger partial charge in [-0.15, -0.1) is 0 Å². The van der Waals surface area contributed by atoms with Crippen molar-refractivity contribution in [2.45, 2.75) is 20.3 Å². The van der Waals surface area contributed by atoms with Gasteiger partial charge in [0, 0.05) is 22.8 Å². The van der Waals surface area contributed by atoms with Gasteiger partial charge >= 0.3 is 0 Å². The fourth-order valence-corrected chi connectivity index (χ4v) is 2.70. The van der Waals surface area contributed by atoms with Crippen LogP contribution in [0.25, 0.3) is 10.9 Å². The van der Waals surface area contributed by atoms with Gasteiger partial charge < -0.3 is 10.3 Å². The summed E-state index contributed by atoms with van der Waals surface area (Å²) in [5.74, 6) is 0.00440. The molecule has 0 aliphatic carbocycles. The minimum absolute atomic E-state index is 0.00440. The molecule has 0 spiro atoms. The van der Waals surface area contributed by atoms with E-state index < -0.39 is 0 Å². The summed E-state index contributed by atoms with van der Waals surface area (Å²) in [7, 11) is 0. The van der Waals surface area contributed by atoms with Crippen molar-refractivity contribution in [2.24, 2.45) is 0 Å². The zero-order chi connectivity index (χ0) is 14.8. The predicted octanol–water partition coefficient (Wildman–Crippen LogP) is 3.97. The molecule has 1 heterocycles. The first kappa shape index (κ1) is 13.4. The highest BCUT2D eigenvalue weighted by atomic mass is 16.1. The molecule has 0 fully saturated rings. The van der Waals surface area contributed by atoms with E-state index >= 15 is 0 Å². The van der Waals surface area contributed by atoms with Crippen LogP contribution < -0.4 is 5.32 Å². The summed E-state index contributed by atoms with van der Waals surface area (Å²) in [5, 5.41) is 4.08. The molecule has 21 heavy (non-hydrogen) atoms. The number of nitrogens with one attached hydrogen (secondary N) is 2. The first-order valence-corrected chi connectivity index (χ1v) is 7.05. The van der Waals surface area contributed by atoms with Gasteiger partial charge in [-0.1, -0.05) is 24.3 Å². The van der Waals surface area contributed by atoms with E-state index in [4.69, 9.17) is 0 Å². The van der Waals surface area contributed by atoms with Gasteiger partial charge in [0.05, 0.1) is 6.42 Å². The number of rotatable bonds is 3. The Bertz CT molecular complexity index is 782. The van der Waals surface area contributed by atoms with E-state index in [2.05, 4.69) is 16.4 Å². The second-order valence-electron chi connectivity index (χ2n) is 5.46. The molecule has 3 nitrogen and oxygen atoms in total. The first-order chi connectivity index (χ1) is 10.1. The van der Waals surface area contributed by atoms with Crippen molar-refractivity contribution in [1.29, 1.82) is 0 Å². The Morgan fingerprint density at radius 1 is 1.10 bits per heavy atom. The molecular formula is C18H18N2O. The van der Waals surface area contributed by atoms with Crippen LogP contribution in [0.3, 0.4) is 0 Å². The number of para-hydroxylation sites is 1. The average molecular weight is 278 g/mol. The van der Waals surface area contributed by atoms with Crippen molar-refractivity contribution < 1.29 is 4.79 Å². The Hall–Kier alpha value is -2.55. The van der Waals surface area contributed by atoms with Gasteiger partial charge in [0.15, 0.2) is 0 Å². The standard InChI is InChI=1S/C18H18N2O/c1-12-7-13(2)9-15(8-12)20-18(21)10-14-11-19-17-6-4-3-5-16(14)17/h3-9,11,19H,10H2,1-2H3,(H,20,21). The Labute approximate surface area is 124 Å². The van der Waals surface area contributed by atoms with Gasteiger partial charge in [-0.2, -0.15) is 0 Å². The third-order valence-corrected chi connectivity index (χ3v) is 3.53. The lowest BCUT2D eigenvalue weighted by Gasteiger charge is -2.07. The van der Waals surface area contributed by atoms with Gasteiger partial charge in [0.25, 0.3) is 0 Å². The van der Waals surface area contributed by atoms with Gasteiger partial charge in [0.1, 0.15) is 0 Å². The number of carbonyl (C=O) groups is 1. The van der Waals surface area contributed by atoms with Gasteiger partial charge in [-0.3, -0.25) is 4.79 Å². The van der Waals surface area contributed by atoms with E-state index in [1.807, 2.05) is 56.4 Å². The third-order valence-electron chi connectivity index (χ3n) is 3.53. The molecule has 0 aliphatic heterocycles. The van der Waals surface area contributed by atoms with Crippen LogP contribution in [0.5, 0.6) is 0 Å². The van der Waals surface area contributed by atoms with Crippen molar-refractivity contribution in [3.63, 3.8) is 0 Å². The molecule has 0 atom stereocenters. The van der Waals surface area contributed by atoms with Gasteiger partial charge in [0.2, 0.25) is 5.91 Å². The number of amides is 1. The van der Waals surface area contributed by atoms with Crippen molar-refractivity contribution in [2.75, 3.05) is 5.32 Å². The Morgan fingerprint density at radius 3 is 2.57 bits per heavy atom. The molecule has 0 aliphatic rings. The number of aromatic amines is 1. The van der Waals surface area contributed by atoms with E-state index in [9.17, 15) is 4.79 Å². The maximum Gasteiger partial charge on any atom is 0.228 e. The number of aromatic nitrogens is 1. The highest BCUT2D eigenvalue weighted by Crippen LogP contribution is 2.19. The Morgan fingerprint density at radius 2 is 1.81 bits per heavy atom. The van der Waals surface area contributed by atoms with Crippen LogP contribution in [0.15, 0.2) is 48.7 Å². The minimum Gasteiger partial charge on any atom is -0.361 e. The maximum atomic E-state index is 12.2. The SMILES string of the molecule is Cc1cc(C)cc(NC(=O)Cc2c[nH]c3ccccc23)c1. The van der Waals surface area contributed by atoms with Crippen molar-refractivity contribution in [1.82, 2.24) is 4.98 Å². The molecule has 106 valence electrons. The highest BCUT2D eigenvalue weighted by molar-refractivity contribution is 5.95. The van der Waals surface area contributed by atoms with Crippen LogP contribution in [0.4, 0.5) is 5.69 Å². The van der Waals surface area contributed by atoms with Crippen LogP contribution >= 0.6 is 0 Å². The topological polar surface area (TPSA) is 44.9 Å². The molecule has 0 unspecified atom stereocenters. The Kier molecular flexibility index (Phi) is 3.48. The number of H-pyrrole nitrogens is 1. The smallest absolute Gasteiger partial charge is 0.228 e. The lowest BCUT2D eigenvalue weighted by atomic mass is 10.1. The zero-order valence-corrected chi connectivity index (χ0v) is 12.2. The predicted molar refractivity (Wildman–Crippen MR) is 86.5 cm³/mol. The quantitative estimate of drug-likeness (QED) is 0.748. The molecule has 0 bridgehead atoms.